The molecule has 2 aliphatic rings. The van der Waals surface area contributed by atoms with Crippen LogP contribution in [0.1, 0.15) is 39.5 Å². The van der Waals surface area contributed by atoms with E-state index in [1.165, 1.54) is 23.9 Å². The molecular formula is C18H25N3O4S2. The summed E-state index contributed by atoms with van der Waals surface area (Å²) in [7, 11) is -3.65. The third kappa shape index (κ3) is 4.64. The van der Waals surface area contributed by atoms with Gasteiger partial charge in [-0.25, -0.2) is 13.1 Å². The first-order chi connectivity index (χ1) is 12.8. The molecule has 7 nitrogen and oxygen atoms in total. The van der Waals surface area contributed by atoms with E-state index in [1.54, 1.807) is 24.8 Å². The van der Waals surface area contributed by atoms with Gasteiger partial charge in [0.1, 0.15) is 0 Å². The van der Waals surface area contributed by atoms with E-state index in [4.69, 9.17) is 0 Å². The number of rotatable bonds is 4. The van der Waals surface area contributed by atoms with Crippen LogP contribution >= 0.6 is 11.8 Å². The Balaban J connectivity index is 1.79. The number of sulfonamides is 1. The minimum Gasteiger partial charge on any atom is -0.341 e. The smallest absolute Gasteiger partial charge is 0.247 e. The summed E-state index contributed by atoms with van der Waals surface area (Å²) < 4.78 is 27.2. The largest absolute Gasteiger partial charge is 0.341 e. The summed E-state index contributed by atoms with van der Waals surface area (Å²) >= 11 is 1.19. The Morgan fingerprint density at radius 2 is 1.89 bits per heavy atom. The van der Waals surface area contributed by atoms with Crippen molar-refractivity contribution in [2.75, 3.05) is 18.4 Å². The van der Waals surface area contributed by atoms with Crippen LogP contribution in [-0.2, 0) is 19.6 Å². The Bertz CT molecular complexity index is 831. The van der Waals surface area contributed by atoms with Crippen LogP contribution in [-0.4, -0.2) is 49.5 Å². The zero-order valence-electron chi connectivity index (χ0n) is 15.5. The van der Waals surface area contributed by atoms with Crippen molar-refractivity contribution < 1.29 is 18.0 Å². The number of hydrogen-bond acceptors (Lipinski definition) is 5. The summed E-state index contributed by atoms with van der Waals surface area (Å²) in [5.74, 6) is -0.559. The predicted molar refractivity (Wildman–Crippen MR) is 105 cm³/mol. The first-order valence-electron chi connectivity index (χ1n) is 9.20. The van der Waals surface area contributed by atoms with Crippen molar-refractivity contribution >= 4 is 39.3 Å². The number of nitrogens with zero attached hydrogens (tertiary/aromatic N) is 1. The maximum Gasteiger partial charge on any atom is 0.247 e. The lowest BCUT2D eigenvalue weighted by Gasteiger charge is -2.29. The van der Waals surface area contributed by atoms with Crippen molar-refractivity contribution in [3.05, 3.63) is 18.2 Å². The van der Waals surface area contributed by atoms with Gasteiger partial charge in [-0.15, -0.1) is 11.8 Å². The Kier molecular flexibility index (Phi) is 6.12. The molecule has 2 aliphatic heterocycles. The minimum absolute atomic E-state index is 0.0909. The van der Waals surface area contributed by atoms with E-state index in [0.717, 1.165) is 25.7 Å². The van der Waals surface area contributed by atoms with Gasteiger partial charge in [-0.05, 0) is 44.9 Å². The van der Waals surface area contributed by atoms with Crippen LogP contribution in [0.2, 0.25) is 0 Å². The highest BCUT2D eigenvalue weighted by molar-refractivity contribution is 8.01. The summed E-state index contributed by atoms with van der Waals surface area (Å²) in [6.45, 7) is 4.86. The van der Waals surface area contributed by atoms with Gasteiger partial charge in [0.2, 0.25) is 21.8 Å². The number of likely N-dealkylation sites (tertiary alicyclic amines) is 1. The molecule has 0 spiro atoms. The second-order valence-corrected chi connectivity index (χ2v) is 10.0. The summed E-state index contributed by atoms with van der Waals surface area (Å²) in [5.41, 5.74) is 0.427. The fourth-order valence-electron chi connectivity index (χ4n) is 3.25. The number of carbonyl (C=O) groups is 2. The molecule has 0 bridgehead atoms. The average Bonchev–Trinajstić information content (AvgIpc) is 2.88. The lowest BCUT2D eigenvalue weighted by molar-refractivity contribution is -0.133. The second-order valence-electron chi connectivity index (χ2n) is 7.16. The summed E-state index contributed by atoms with van der Waals surface area (Å²) in [6, 6.07) is 4.36. The van der Waals surface area contributed by atoms with Crippen LogP contribution < -0.4 is 10.0 Å². The molecular weight excluding hydrogens is 386 g/mol. The molecule has 0 unspecified atom stereocenters. The number of fused-ring (bicyclic) bond motifs is 1. The van der Waals surface area contributed by atoms with Crippen LogP contribution in [0.15, 0.2) is 28.0 Å². The van der Waals surface area contributed by atoms with Crippen LogP contribution in [0.3, 0.4) is 0 Å². The molecule has 2 amide bonds. The molecule has 0 radical (unpaired) electrons. The van der Waals surface area contributed by atoms with Crippen molar-refractivity contribution in [2.45, 2.75) is 60.6 Å². The van der Waals surface area contributed by atoms with Crippen LogP contribution in [0, 0.1) is 0 Å². The van der Waals surface area contributed by atoms with Crippen molar-refractivity contribution in [1.82, 2.24) is 9.62 Å². The zero-order chi connectivity index (χ0) is 19.6. The molecule has 0 aromatic heterocycles. The number of carbonyl (C=O) groups excluding carboxylic acids is 2. The molecule has 27 heavy (non-hydrogen) atoms. The van der Waals surface area contributed by atoms with Gasteiger partial charge in [0.25, 0.3) is 0 Å². The van der Waals surface area contributed by atoms with E-state index in [1.807, 2.05) is 0 Å². The van der Waals surface area contributed by atoms with E-state index in [2.05, 4.69) is 10.0 Å². The molecule has 0 aliphatic carbocycles. The van der Waals surface area contributed by atoms with Crippen LogP contribution in [0.5, 0.6) is 0 Å². The van der Waals surface area contributed by atoms with Gasteiger partial charge < -0.3 is 10.2 Å². The highest BCUT2D eigenvalue weighted by Gasteiger charge is 2.36. The van der Waals surface area contributed by atoms with E-state index in [-0.39, 0.29) is 16.8 Å². The van der Waals surface area contributed by atoms with Gasteiger partial charge in [-0.2, -0.15) is 0 Å². The Labute approximate surface area is 164 Å². The summed E-state index contributed by atoms with van der Waals surface area (Å²) in [5, 5.41) is 1.88. The first-order valence-corrected chi connectivity index (χ1v) is 11.6. The van der Waals surface area contributed by atoms with Crippen LogP contribution in [0.4, 0.5) is 5.69 Å². The number of amides is 2. The second kappa shape index (κ2) is 8.20. The molecule has 148 valence electrons. The zero-order valence-corrected chi connectivity index (χ0v) is 17.2. The molecule has 1 aromatic rings. The maximum absolute atomic E-state index is 12.8. The van der Waals surface area contributed by atoms with Crippen LogP contribution in [0.25, 0.3) is 0 Å². The van der Waals surface area contributed by atoms with Gasteiger partial charge in [-0.3, -0.25) is 9.59 Å². The highest BCUT2D eigenvalue weighted by Crippen LogP contribution is 2.38. The number of benzene rings is 1. The Morgan fingerprint density at radius 1 is 1.22 bits per heavy atom. The standard InChI is InChI=1S/C18H25N3O4S2/c1-12(2)20-27(24,25)13-7-8-15-14(11-13)19-17(22)16(26-15)18(23)21-9-5-3-4-6-10-21/h7-8,11-12,16,20H,3-6,9-10H2,1-2H3,(H,19,22)/t16-/m0/s1. The molecule has 0 saturated carbocycles. The third-order valence-corrected chi connectivity index (χ3v) is 7.45. The fraction of sp³-hybridized carbons (Fsp3) is 0.556. The molecule has 1 fully saturated rings. The fourth-order valence-corrected chi connectivity index (χ4v) is 5.58. The summed E-state index contributed by atoms with van der Waals surface area (Å²) in [6.07, 6.45) is 4.15. The van der Waals surface area contributed by atoms with E-state index < -0.39 is 21.2 Å². The number of thioether (sulfide) groups is 1. The van der Waals surface area contributed by atoms with Gasteiger partial charge in [0.15, 0.2) is 5.25 Å². The number of nitrogens with one attached hydrogen (secondary N) is 2. The van der Waals surface area contributed by atoms with Crippen molar-refractivity contribution in [3.8, 4) is 0 Å². The Morgan fingerprint density at radius 3 is 2.52 bits per heavy atom. The molecule has 2 N–H and O–H groups in total. The van der Waals surface area contributed by atoms with Crippen molar-refractivity contribution in [2.24, 2.45) is 0 Å². The SMILES string of the molecule is CC(C)NS(=O)(=O)c1ccc2c(c1)NC(=O)[C@@H](C(=O)N1CCCCCC1)S2. The van der Waals surface area contributed by atoms with Gasteiger partial charge >= 0.3 is 0 Å². The average molecular weight is 412 g/mol. The van der Waals surface area contributed by atoms with E-state index >= 15 is 0 Å². The highest BCUT2D eigenvalue weighted by atomic mass is 32.2. The lowest BCUT2D eigenvalue weighted by atomic mass is 10.2. The maximum atomic E-state index is 12.8. The third-order valence-electron chi connectivity index (χ3n) is 4.54. The monoisotopic (exact) mass is 411 g/mol. The van der Waals surface area contributed by atoms with Gasteiger partial charge in [-0.1, -0.05) is 12.8 Å². The molecule has 1 aromatic carbocycles. The topological polar surface area (TPSA) is 95.6 Å². The number of anilines is 1. The van der Waals surface area contributed by atoms with E-state index in [9.17, 15) is 18.0 Å². The normalized spacial score (nSPS) is 20.8. The Hall–Kier alpha value is -1.58. The number of hydrogen-bond donors (Lipinski definition) is 2. The van der Waals surface area contributed by atoms with E-state index in [0.29, 0.717) is 23.7 Å². The molecule has 1 atom stereocenters. The quantitative estimate of drug-likeness (QED) is 0.741. The lowest BCUT2D eigenvalue weighted by Crippen LogP contribution is -2.45. The predicted octanol–water partition coefficient (Wildman–Crippen LogP) is 2.19. The minimum atomic E-state index is -3.65. The van der Waals surface area contributed by atoms with Crippen molar-refractivity contribution in [1.29, 1.82) is 0 Å². The van der Waals surface area contributed by atoms with Crippen molar-refractivity contribution in [3.63, 3.8) is 0 Å². The molecule has 2 heterocycles. The first kappa shape index (κ1) is 20.2. The van der Waals surface area contributed by atoms with Gasteiger partial charge in [0, 0.05) is 24.0 Å². The molecule has 9 heteroatoms. The summed E-state index contributed by atoms with van der Waals surface area (Å²) in [4.78, 5) is 27.9. The molecule has 3 rings (SSSR count). The molecule has 1 saturated heterocycles. The van der Waals surface area contributed by atoms with Gasteiger partial charge in [0.05, 0.1) is 10.6 Å².